The molecule has 0 bridgehead atoms. The maximum Gasteiger partial charge on any atom is 0.0578 e. The second-order valence-electron chi connectivity index (χ2n) is 14.5. The van der Waals surface area contributed by atoms with Gasteiger partial charge in [0.05, 0.1) is 6.04 Å². The first-order chi connectivity index (χ1) is 28.4. The second-order valence-corrected chi connectivity index (χ2v) is 14.5. The monoisotopic (exact) mass is 754 g/mol. The van der Waals surface area contributed by atoms with Crippen LogP contribution >= 0.6 is 0 Å². The van der Waals surface area contributed by atoms with Crippen LogP contribution in [-0.2, 0) is 13.0 Å². The summed E-state index contributed by atoms with van der Waals surface area (Å²) < 4.78 is 0. The van der Waals surface area contributed by atoms with Crippen LogP contribution in [-0.4, -0.2) is 0 Å². The van der Waals surface area contributed by atoms with Gasteiger partial charge >= 0.3 is 0 Å². The Bertz CT molecular complexity index is 2740. The van der Waals surface area contributed by atoms with Crippen molar-refractivity contribution in [3.8, 4) is 22.3 Å². The number of para-hydroxylation sites is 2. The number of nitrogen functional groups attached to an aromatic ring is 2. The SMILES string of the molecule is Cc1cccc(CN)c1.Nc1ccccc1C(N)c1ccc(-c2ccccc2)c2ccccc12.Nc1ccccc1Cc1ccc(-c2ccccc2)c2ccccc12. The topological polar surface area (TPSA) is 104 Å². The zero-order valence-corrected chi connectivity index (χ0v) is 32.9. The predicted octanol–water partition coefficient (Wildman–Crippen LogP) is 12.3. The third-order valence-electron chi connectivity index (χ3n) is 10.6. The molecular formula is C54H50N4. The highest BCUT2D eigenvalue weighted by atomic mass is 14.7. The molecule has 9 rings (SSSR count). The first-order valence-corrected chi connectivity index (χ1v) is 19.7. The molecule has 1 atom stereocenters. The molecule has 0 aromatic heterocycles. The fourth-order valence-electron chi connectivity index (χ4n) is 7.55. The number of hydrogen-bond donors (Lipinski definition) is 4. The van der Waals surface area contributed by atoms with Gasteiger partial charge in [-0.25, -0.2) is 0 Å². The van der Waals surface area contributed by atoms with Crippen LogP contribution < -0.4 is 22.9 Å². The lowest BCUT2D eigenvalue weighted by atomic mass is 9.89. The van der Waals surface area contributed by atoms with Crippen molar-refractivity contribution in [1.82, 2.24) is 0 Å². The summed E-state index contributed by atoms with van der Waals surface area (Å²) in [5, 5.41) is 4.95. The molecule has 0 spiro atoms. The minimum absolute atomic E-state index is 0.254. The molecule has 8 N–H and O–H groups in total. The molecular weight excluding hydrogens is 705 g/mol. The minimum atomic E-state index is -0.254. The van der Waals surface area contributed by atoms with Gasteiger partial charge in [0.2, 0.25) is 0 Å². The molecule has 1 unspecified atom stereocenters. The van der Waals surface area contributed by atoms with Gasteiger partial charge in [0, 0.05) is 24.3 Å². The highest BCUT2D eigenvalue weighted by Crippen LogP contribution is 2.36. The largest absolute Gasteiger partial charge is 0.398 e. The van der Waals surface area contributed by atoms with Gasteiger partial charge in [-0.3, -0.25) is 0 Å². The van der Waals surface area contributed by atoms with Crippen LogP contribution in [0.5, 0.6) is 0 Å². The van der Waals surface area contributed by atoms with Gasteiger partial charge in [0.25, 0.3) is 0 Å². The molecule has 0 fully saturated rings. The molecule has 0 aliphatic carbocycles. The van der Waals surface area contributed by atoms with Gasteiger partial charge in [0.15, 0.2) is 0 Å². The average molecular weight is 755 g/mol. The maximum atomic E-state index is 6.59. The van der Waals surface area contributed by atoms with E-state index in [0.717, 1.165) is 28.9 Å². The van der Waals surface area contributed by atoms with Crippen molar-refractivity contribution in [1.29, 1.82) is 0 Å². The van der Waals surface area contributed by atoms with Crippen molar-refractivity contribution < 1.29 is 0 Å². The van der Waals surface area contributed by atoms with Crippen molar-refractivity contribution in [2.75, 3.05) is 11.5 Å². The molecule has 0 aliphatic heterocycles. The first-order valence-electron chi connectivity index (χ1n) is 19.7. The standard InChI is InChI=1S/C23H20N2.C23H19N.C8H11N/c24-22-13-7-6-12-21(22)23(25)20-15-14-17(16-8-2-1-3-9-16)18-10-4-5-11-19(18)20;24-23-13-7-4-10-19(23)16-18-14-15-21(17-8-2-1-3-9-17)22-12-6-5-11-20(18)22;1-7-3-2-4-8(5-7)6-9/h1-15,23H,24-25H2;1-15H,16,24H2;2-5H,6,9H2,1H3. The minimum Gasteiger partial charge on any atom is -0.398 e. The van der Waals surface area contributed by atoms with Crippen LogP contribution in [0.25, 0.3) is 43.8 Å². The molecule has 0 aliphatic rings. The molecule has 0 amide bonds. The Hall–Kier alpha value is -6.98. The predicted molar refractivity (Wildman–Crippen MR) is 248 cm³/mol. The van der Waals surface area contributed by atoms with Gasteiger partial charge in [-0.05, 0) is 90.7 Å². The fourth-order valence-corrected chi connectivity index (χ4v) is 7.55. The summed E-state index contributed by atoms with van der Waals surface area (Å²) in [7, 11) is 0. The number of aryl methyl sites for hydroxylation is 1. The Morgan fingerprint density at radius 3 is 1.52 bits per heavy atom. The molecule has 0 radical (unpaired) electrons. The van der Waals surface area contributed by atoms with Gasteiger partial charge in [0.1, 0.15) is 0 Å². The van der Waals surface area contributed by atoms with Crippen LogP contribution in [0.2, 0.25) is 0 Å². The molecule has 0 saturated heterocycles. The number of nitrogens with two attached hydrogens (primary N) is 4. The van der Waals surface area contributed by atoms with Crippen molar-refractivity contribution >= 4 is 32.9 Å². The Morgan fingerprint density at radius 1 is 0.414 bits per heavy atom. The molecule has 58 heavy (non-hydrogen) atoms. The van der Waals surface area contributed by atoms with Crippen LogP contribution in [0.3, 0.4) is 0 Å². The van der Waals surface area contributed by atoms with Crippen molar-refractivity contribution in [3.05, 3.63) is 240 Å². The van der Waals surface area contributed by atoms with E-state index in [1.165, 1.54) is 66.1 Å². The number of rotatable bonds is 7. The number of anilines is 2. The molecule has 9 aromatic rings. The van der Waals surface area contributed by atoms with Gasteiger partial charge in [-0.1, -0.05) is 200 Å². The zero-order chi connectivity index (χ0) is 40.3. The summed E-state index contributed by atoms with van der Waals surface area (Å²) in [6, 6.07) is 70.7. The molecule has 0 heterocycles. The maximum absolute atomic E-state index is 6.59. The molecule has 0 saturated carbocycles. The molecule has 9 aromatic carbocycles. The van der Waals surface area contributed by atoms with E-state index in [2.05, 4.69) is 153 Å². The quantitative estimate of drug-likeness (QED) is 0.122. The molecule has 4 heteroatoms. The first kappa shape index (κ1) is 39.3. The summed E-state index contributed by atoms with van der Waals surface area (Å²) in [6.07, 6.45) is 0.849. The van der Waals surface area contributed by atoms with Gasteiger partial charge < -0.3 is 22.9 Å². The van der Waals surface area contributed by atoms with E-state index in [-0.39, 0.29) is 6.04 Å². The molecule has 286 valence electrons. The summed E-state index contributed by atoms with van der Waals surface area (Å²) in [5.74, 6) is 0. The fraction of sp³-hybridized carbons (Fsp3) is 0.0741. The Labute approximate surface area is 342 Å². The van der Waals surface area contributed by atoms with E-state index in [1.54, 1.807) is 0 Å². The summed E-state index contributed by atoms with van der Waals surface area (Å²) in [4.78, 5) is 0. The third kappa shape index (κ3) is 9.17. The number of fused-ring (bicyclic) bond motifs is 2. The number of hydrogen-bond acceptors (Lipinski definition) is 4. The van der Waals surface area contributed by atoms with Crippen LogP contribution in [0.4, 0.5) is 11.4 Å². The van der Waals surface area contributed by atoms with Gasteiger partial charge in [-0.15, -0.1) is 0 Å². The smallest absolute Gasteiger partial charge is 0.0578 e. The normalized spacial score (nSPS) is 11.2. The van der Waals surface area contributed by atoms with E-state index in [9.17, 15) is 0 Å². The van der Waals surface area contributed by atoms with E-state index in [0.29, 0.717) is 6.54 Å². The Kier molecular flexibility index (Phi) is 12.7. The average Bonchev–Trinajstić information content (AvgIpc) is 3.28. The summed E-state index contributed by atoms with van der Waals surface area (Å²) >= 11 is 0. The lowest BCUT2D eigenvalue weighted by Crippen LogP contribution is -2.14. The lowest BCUT2D eigenvalue weighted by Gasteiger charge is -2.19. The molecule has 4 nitrogen and oxygen atoms in total. The third-order valence-corrected chi connectivity index (χ3v) is 10.6. The Balaban J connectivity index is 0.000000146. The van der Waals surface area contributed by atoms with Crippen LogP contribution in [0.1, 0.15) is 39.4 Å². The highest BCUT2D eigenvalue weighted by molar-refractivity contribution is 6.00. The van der Waals surface area contributed by atoms with Crippen molar-refractivity contribution in [2.24, 2.45) is 11.5 Å². The number of benzene rings is 9. The van der Waals surface area contributed by atoms with E-state index < -0.39 is 0 Å². The second kappa shape index (κ2) is 18.8. The zero-order valence-electron chi connectivity index (χ0n) is 32.9. The van der Waals surface area contributed by atoms with Crippen LogP contribution in [0.15, 0.2) is 206 Å². The van der Waals surface area contributed by atoms with Crippen LogP contribution in [0, 0.1) is 6.92 Å². The van der Waals surface area contributed by atoms with E-state index >= 15 is 0 Å². The van der Waals surface area contributed by atoms with E-state index in [1.807, 2.05) is 60.7 Å². The highest BCUT2D eigenvalue weighted by Gasteiger charge is 2.16. The van der Waals surface area contributed by atoms with Gasteiger partial charge in [-0.2, -0.15) is 0 Å². The Morgan fingerprint density at radius 2 is 0.931 bits per heavy atom. The van der Waals surface area contributed by atoms with E-state index in [4.69, 9.17) is 22.9 Å². The summed E-state index contributed by atoms with van der Waals surface area (Å²) in [5.41, 5.74) is 37.8. The summed E-state index contributed by atoms with van der Waals surface area (Å²) in [6.45, 7) is 2.71. The van der Waals surface area contributed by atoms with Crippen molar-refractivity contribution in [2.45, 2.75) is 25.9 Å². The lowest BCUT2D eigenvalue weighted by molar-refractivity contribution is 0.884. The van der Waals surface area contributed by atoms with Crippen molar-refractivity contribution in [3.63, 3.8) is 0 Å².